The van der Waals surface area contributed by atoms with Crippen molar-refractivity contribution in [3.8, 4) is 0 Å². The molecule has 6 heteroatoms. The van der Waals surface area contributed by atoms with Crippen LogP contribution in [0.15, 0.2) is 78.9 Å². The molecule has 2 atom stereocenters. The fourth-order valence-electron chi connectivity index (χ4n) is 4.62. The lowest BCUT2D eigenvalue weighted by atomic mass is 9.84. The van der Waals surface area contributed by atoms with Crippen molar-refractivity contribution in [2.75, 3.05) is 6.54 Å². The summed E-state index contributed by atoms with van der Waals surface area (Å²) < 4.78 is 0. The molecule has 3 aromatic carbocycles. The van der Waals surface area contributed by atoms with E-state index in [0.717, 1.165) is 5.56 Å². The molecule has 0 saturated carbocycles. The summed E-state index contributed by atoms with van der Waals surface area (Å²) >= 11 is 0. The molecule has 0 aromatic heterocycles. The lowest BCUT2D eigenvalue weighted by Crippen LogP contribution is -2.41. The van der Waals surface area contributed by atoms with Gasteiger partial charge in [0.2, 0.25) is 0 Å². The number of imide groups is 1. The third-order valence-electron chi connectivity index (χ3n) is 6.42. The number of nitrogens with one attached hydrogen (secondary N) is 2. The van der Waals surface area contributed by atoms with Crippen molar-refractivity contribution in [2.24, 2.45) is 0 Å². The van der Waals surface area contributed by atoms with E-state index in [4.69, 9.17) is 0 Å². The first-order valence-electron chi connectivity index (χ1n) is 10.6. The highest BCUT2D eigenvalue weighted by Gasteiger charge is 2.43. The number of hydrogen-bond acceptors (Lipinski definition) is 3. The lowest BCUT2D eigenvalue weighted by Gasteiger charge is -2.35. The molecule has 6 nitrogen and oxygen atoms in total. The van der Waals surface area contributed by atoms with Gasteiger partial charge in [0, 0.05) is 24.6 Å². The number of rotatable bonds is 3. The second kappa shape index (κ2) is 7.64. The van der Waals surface area contributed by atoms with Gasteiger partial charge in [-0.2, -0.15) is 0 Å². The first-order chi connectivity index (χ1) is 15.5. The number of hydrogen-bond donors (Lipinski definition) is 2. The van der Waals surface area contributed by atoms with Crippen LogP contribution in [0.2, 0.25) is 0 Å². The molecular weight excluding hydrogens is 402 g/mol. The maximum atomic E-state index is 13.5. The van der Waals surface area contributed by atoms with Gasteiger partial charge >= 0.3 is 6.03 Å². The summed E-state index contributed by atoms with van der Waals surface area (Å²) in [5.74, 6) is -0.440. The fraction of sp³-hybridized carbons (Fsp3) is 0.192. The molecule has 2 aliphatic rings. The maximum Gasteiger partial charge on any atom is 0.322 e. The topological polar surface area (TPSA) is 78.5 Å². The minimum absolute atomic E-state index is 0.0886. The molecule has 2 unspecified atom stereocenters. The van der Waals surface area contributed by atoms with E-state index < -0.39 is 17.5 Å². The summed E-state index contributed by atoms with van der Waals surface area (Å²) in [6.45, 7) is 2.73. The highest BCUT2D eigenvalue weighted by atomic mass is 16.2. The molecule has 1 saturated heterocycles. The van der Waals surface area contributed by atoms with Crippen molar-refractivity contribution in [1.29, 1.82) is 0 Å². The second-order valence-electron chi connectivity index (χ2n) is 8.46. The Hall–Kier alpha value is -3.93. The Kier molecular flexibility index (Phi) is 4.78. The van der Waals surface area contributed by atoms with Gasteiger partial charge in [0.15, 0.2) is 0 Å². The average Bonchev–Trinajstić information content (AvgIpc) is 3.10. The van der Waals surface area contributed by atoms with Gasteiger partial charge < -0.3 is 10.2 Å². The van der Waals surface area contributed by atoms with Gasteiger partial charge in [-0.15, -0.1) is 0 Å². The van der Waals surface area contributed by atoms with E-state index in [-0.39, 0.29) is 11.8 Å². The fourth-order valence-corrected chi connectivity index (χ4v) is 4.62. The number of fused-ring (bicyclic) bond motifs is 1. The van der Waals surface area contributed by atoms with E-state index in [1.54, 1.807) is 31.2 Å². The van der Waals surface area contributed by atoms with Crippen molar-refractivity contribution in [3.63, 3.8) is 0 Å². The van der Waals surface area contributed by atoms with Crippen LogP contribution in [0, 0.1) is 0 Å². The smallest absolute Gasteiger partial charge is 0.322 e. The van der Waals surface area contributed by atoms with E-state index >= 15 is 0 Å². The van der Waals surface area contributed by atoms with Gasteiger partial charge in [-0.1, -0.05) is 66.7 Å². The molecule has 0 bridgehead atoms. The zero-order valence-electron chi connectivity index (χ0n) is 17.7. The average molecular weight is 425 g/mol. The number of urea groups is 1. The summed E-state index contributed by atoms with van der Waals surface area (Å²) in [5, 5.41) is 4.93. The molecule has 1 fully saturated rings. The molecule has 2 heterocycles. The van der Waals surface area contributed by atoms with Crippen LogP contribution in [0.25, 0.3) is 0 Å². The maximum absolute atomic E-state index is 13.5. The zero-order chi connectivity index (χ0) is 22.3. The van der Waals surface area contributed by atoms with Gasteiger partial charge in [-0.25, -0.2) is 4.79 Å². The van der Waals surface area contributed by atoms with E-state index in [1.807, 2.05) is 35.2 Å². The number of nitrogens with zero attached hydrogens (tertiary/aromatic N) is 1. The Labute approximate surface area is 186 Å². The minimum Gasteiger partial charge on any atom is -0.333 e. The zero-order valence-corrected chi connectivity index (χ0v) is 17.7. The standard InChI is InChI=1S/C26H23N3O3/c1-26(24(31)27-25(32)28-26)20-12-7-11-18(14-20)23(30)29-15-19-10-5-6-13-21(19)22(16-29)17-8-3-2-4-9-17/h2-14,22H,15-16H2,1H3,(H2,27,28,31,32). The van der Waals surface area contributed by atoms with Crippen LogP contribution in [0.1, 0.15) is 45.5 Å². The van der Waals surface area contributed by atoms with Crippen LogP contribution < -0.4 is 10.6 Å². The Morgan fingerprint density at radius 1 is 0.969 bits per heavy atom. The third-order valence-corrected chi connectivity index (χ3v) is 6.42. The predicted octanol–water partition coefficient (Wildman–Crippen LogP) is 3.53. The van der Waals surface area contributed by atoms with Crippen molar-refractivity contribution < 1.29 is 14.4 Å². The Morgan fingerprint density at radius 2 is 1.72 bits per heavy atom. The van der Waals surface area contributed by atoms with Crippen LogP contribution in [-0.4, -0.2) is 29.3 Å². The molecule has 160 valence electrons. The summed E-state index contributed by atoms with van der Waals surface area (Å²) in [4.78, 5) is 39.4. The van der Waals surface area contributed by atoms with Gasteiger partial charge in [-0.05, 0) is 41.3 Å². The van der Waals surface area contributed by atoms with Crippen LogP contribution in [0.5, 0.6) is 0 Å². The summed E-state index contributed by atoms with van der Waals surface area (Å²) in [6, 6.07) is 24.9. The van der Waals surface area contributed by atoms with Gasteiger partial charge in [-0.3, -0.25) is 14.9 Å². The number of carbonyl (C=O) groups is 3. The highest BCUT2D eigenvalue weighted by molar-refractivity contribution is 6.07. The number of amides is 4. The number of carbonyl (C=O) groups excluding carboxylic acids is 3. The minimum atomic E-state index is -1.20. The first kappa shape index (κ1) is 20.0. The normalized spacial score (nSPS) is 22.2. The summed E-state index contributed by atoms with van der Waals surface area (Å²) in [7, 11) is 0. The van der Waals surface area contributed by atoms with E-state index in [0.29, 0.717) is 24.2 Å². The molecule has 32 heavy (non-hydrogen) atoms. The molecule has 5 rings (SSSR count). The molecular formula is C26H23N3O3. The van der Waals surface area contributed by atoms with Crippen molar-refractivity contribution in [3.05, 3.63) is 107 Å². The highest BCUT2D eigenvalue weighted by Crippen LogP contribution is 2.34. The van der Waals surface area contributed by atoms with Gasteiger partial charge in [0.05, 0.1) is 0 Å². The van der Waals surface area contributed by atoms with Crippen LogP contribution in [0.3, 0.4) is 0 Å². The van der Waals surface area contributed by atoms with Crippen molar-refractivity contribution in [2.45, 2.75) is 24.9 Å². The molecule has 0 radical (unpaired) electrons. The summed E-state index contributed by atoms with van der Waals surface area (Å²) in [6.07, 6.45) is 0. The first-order valence-corrected chi connectivity index (χ1v) is 10.6. The van der Waals surface area contributed by atoms with Gasteiger partial charge in [0.1, 0.15) is 5.54 Å². The Morgan fingerprint density at radius 3 is 2.47 bits per heavy atom. The number of benzene rings is 3. The SMILES string of the molecule is CC1(c2cccc(C(=O)N3Cc4ccccc4C(c4ccccc4)C3)c2)NC(=O)NC1=O. The lowest BCUT2D eigenvalue weighted by molar-refractivity contribution is -0.123. The van der Waals surface area contributed by atoms with E-state index in [9.17, 15) is 14.4 Å². The quantitative estimate of drug-likeness (QED) is 0.630. The molecule has 2 N–H and O–H groups in total. The second-order valence-corrected chi connectivity index (χ2v) is 8.46. The molecule has 0 aliphatic carbocycles. The largest absolute Gasteiger partial charge is 0.333 e. The third kappa shape index (κ3) is 3.34. The monoisotopic (exact) mass is 425 g/mol. The Balaban J connectivity index is 1.48. The molecule has 2 aliphatic heterocycles. The predicted molar refractivity (Wildman–Crippen MR) is 120 cm³/mol. The molecule has 0 spiro atoms. The van der Waals surface area contributed by atoms with E-state index in [2.05, 4.69) is 34.9 Å². The van der Waals surface area contributed by atoms with Crippen LogP contribution in [-0.2, 0) is 16.9 Å². The summed E-state index contributed by atoms with van der Waals surface area (Å²) in [5.41, 5.74) is 3.41. The molecule has 4 amide bonds. The Bertz CT molecular complexity index is 1220. The van der Waals surface area contributed by atoms with Crippen LogP contribution in [0.4, 0.5) is 4.79 Å². The molecule has 3 aromatic rings. The van der Waals surface area contributed by atoms with Gasteiger partial charge in [0.25, 0.3) is 11.8 Å². The van der Waals surface area contributed by atoms with E-state index in [1.165, 1.54) is 11.1 Å². The van der Waals surface area contributed by atoms with Crippen LogP contribution >= 0.6 is 0 Å². The van der Waals surface area contributed by atoms with Crippen molar-refractivity contribution >= 4 is 17.8 Å². The van der Waals surface area contributed by atoms with Crippen molar-refractivity contribution in [1.82, 2.24) is 15.5 Å².